The average molecular weight is 171 g/mol. The second kappa shape index (κ2) is 3.44. The molecule has 70 valence electrons. The summed E-state index contributed by atoms with van der Waals surface area (Å²) in [5, 5.41) is 9.01. The Labute approximate surface area is 72.9 Å². The molecule has 3 N–H and O–H groups in total. The van der Waals surface area contributed by atoms with Gasteiger partial charge >= 0.3 is 5.97 Å². The second-order valence-corrected chi connectivity index (χ2v) is 3.91. The maximum Gasteiger partial charge on any atom is 0.310 e. The van der Waals surface area contributed by atoms with E-state index in [1.165, 1.54) is 0 Å². The molecule has 1 aliphatic rings. The van der Waals surface area contributed by atoms with Crippen LogP contribution in [-0.2, 0) is 4.79 Å². The minimum atomic E-state index is -0.739. The Kier molecular flexibility index (Phi) is 2.73. The zero-order valence-corrected chi connectivity index (χ0v) is 7.55. The van der Waals surface area contributed by atoms with E-state index in [9.17, 15) is 4.79 Å². The average Bonchev–Trinajstić information content (AvgIpc) is 2.54. The van der Waals surface area contributed by atoms with Crippen LogP contribution < -0.4 is 5.73 Å². The monoisotopic (exact) mass is 171 g/mol. The lowest BCUT2D eigenvalue weighted by atomic mass is 9.76. The van der Waals surface area contributed by atoms with E-state index in [1.807, 2.05) is 0 Å². The molecule has 0 aromatic rings. The van der Waals surface area contributed by atoms with Gasteiger partial charge in [0.2, 0.25) is 0 Å². The summed E-state index contributed by atoms with van der Waals surface area (Å²) in [5.41, 5.74) is 4.82. The fraction of sp³-hybridized carbons (Fsp3) is 0.889. The molecule has 1 unspecified atom stereocenters. The summed E-state index contributed by atoms with van der Waals surface area (Å²) in [7, 11) is 0. The molecule has 0 aromatic carbocycles. The molecule has 3 nitrogen and oxygen atoms in total. The Balaban J connectivity index is 2.70. The number of carboxylic acid groups (broad SMARTS) is 1. The Morgan fingerprint density at radius 1 is 1.58 bits per heavy atom. The van der Waals surface area contributed by atoms with E-state index in [-0.39, 0.29) is 6.54 Å². The van der Waals surface area contributed by atoms with Crippen LogP contribution in [0.4, 0.5) is 0 Å². The number of hydrogen-bond donors (Lipinski definition) is 2. The number of nitrogens with two attached hydrogens (primary N) is 1. The third-order valence-corrected chi connectivity index (χ3v) is 3.17. The van der Waals surface area contributed by atoms with Crippen LogP contribution in [0, 0.1) is 11.3 Å². The van der Waals surface area contributed by atoms with E-state index < -0.39 is 11.4 Å². The molecule has 1 saturated carbocycles. The first-order valence-electron chi connectivity index (χ1n) is 4.54. The molecule has 12 heavy (non-hydrogen) atoms. The van der Waals surface area contributed by atoms with Gasteiger partial charge in [-0.15, -0.1) is 0 Å². The number of aliphatic carboxylic acids is 1. The van der Waals surface area contributed by atoms with E-state index in [0.717, 1.165) is 25.7 Å². The van der Waals surface area contributed by atoms with Crippen molar-refractivity contribution in [2.75, 3.05) is 6.54 Å². The quantitative estimate of drug-likeness (QED) is 0.671. The van der Waals surface area contributed by atoms with Crippen molar-refractivity contribution < 1.29 is 9.90 Å². The normalized spacial score (nSPS) is 23.8. The second-order valence-electron chi connectivity index (χ2n) is 3.91. The van der Waals surface area contributed by atoms with Crippen molar-refractivity contribution in [3.05, 3.63) is 0 Å². The van der Waals surface area contributed by atoms with Crippen molar-refractivity contribution in [3.8, 4) is 0 Å². The van der Waals surface area contributed by atoms with Gasteiger partial charge in [0.1, 0.15) is 0 Å². The number of hydrogen-bond acceptors (Lipinski definition) is 2. The predicted molar refractivity (Wildman–Crippen MR) is 46.8 cm³/mol. The zero-order chi connectivity index (χ0) is 9.19. The maximum absolute atomic E-state index is 11.0. The summed E-state index contributed by atoms with van der Waals surface area (Å²) < 4.78 is 0. The zero-order valence-electron chi connectivity index (χ0n) is 7.55. The van der Waals surface area contributed by atoms with Crippen molar-refractivity contribution in [2.45, 2.75) is 32.6 Å². The topological polar surface area (TPSA) is 63.3 Å². The van der Waals surface area contributed by atoms with Crippen molar-refractivity contribution in [1.29, 1.82) is 0 Å². The molecular formula is C9H17NO2. The highest BCUT2D eigenvalue weighted by molar-refractivity contribution is 5.74. The highest BCUT2D eigenvalue weighted by Gasteiger charge is 2.41. The molecule has 3 heteroatoms. The highest BCUT2D eigenvalue weighted by Crippen LogP contribution is 2.39. The summed E-state index contributed by atoms with van der Waals surface area (Å²) >= 11 is 0. The largest absolute Gasteiger partial charge is 0.481 e. The van der Waals surface area contributed by atoms with Gasteiger partial charge in [0.25, 0.3) is 0 Å². The number of carboxylic acids is 1. The van der Waals surface area contributed by atoms with Gasteiger partial charge in [0.15, 0.2) is 0 Å². The van der Waals surface area contributed by atoms with Crippen molar-refractivity contribution in [3.63, 3.8) is 0 Å². The lowest BCUT2D eigenvalue weighted by Gasteiger charge is -2.29. The minimum Gasteiger partial charge on any atom is -0.481 e. The summed E-state index contributed by atoms with van der Waals surface area (Å²) in [4.78, 5) is 11.0. The molecule has 1 fully saturated rings. The molecule has 1 aliphatic carbocycles. The fourth-order valence-electron chi connectivity index (χ4n) is 1.99. The van der Waals surface area contributed by atoms with Crippen molar-refractivity contribution in [1.82, 2.24) is 0 Å². The summed E-state index contributed by atoms with van der Waals surface area (Å²) in [6.07, 6.45) is 4.38. The van der Waals surface area contributed by atoms with E-state index in [1.54, 1.807) is 6.92 Å². The summed E-state index contributed by atoms with van der Waals surface area (Å²) in [6, 6.07) is 0. The van der Waals surface area contributed by atoms with Crippen LogP contribution in [-0.4, -0.2) is 17.6 Å². The minimum absolute atomic E-state index is 0.257. The summed E-state index contributed by atoms with van der Waals surface area (Å²) in [6.45, 7) is 2.03. The van der Waals surface area contributed by atoms with Gasteiger partial charge in [-0.1, -0.05) is 12.8 Å². The van der Waals surface area contributed by atoms with Crippen LogP contribution in [0.5, 0.6) is 0 Å². The lowest BCUT2D eigenvalue weighted by Crippen LogP contribution is -2.41. The van der Waals surface area contributed by atoms with Crippen molar-refractivity contribution >= 4 is 5.97 Å². The van der Waals surface area contributed by atoms with Crippen molar-refractivity contribution in [2.24, 2.45) is 17.1 Å². The van der Waals surface area contributed by atoms with Gasteiger partial charge < -0.3 is 10.8 Å². The van der Waals surface area contributed by atoms with Gasteiger partial charge in [0, 0.05) is 6.54 Å². The van der Waals surface area contributed by atoms with Crippen LogP contribution in [0.1, 0.15) is 32.6 Å². The number of carbonyl (C=O) groups is 1. The van der Waals surface area contributed by atoms with Gasteiger partial charge in [0.05, 0.1) is 5.41 Å². The Hall–Kier alpha value is -0.570. The standard InChI is InChI=1S/C9H17NO2/c1-9(6-10,8(11)12)7-4-2-3-5-7/h7H,2-6,10H2,1H3,(H,11,12). The molecule has 0 heterocycles. The van der Waals surface area contributed by atoms with Crippen LogP contribution in [0.3, 0.4) is 0 Å². The molecule has 0 spiro atoms. The van der Waals surface area contributed by atoms with Crippen LogP contribution in [0.2, 0.25) is 0 Å². The summed E-state index contributed by atoms with van der Waals surface area (Å²) in [5.74, 6) is -0.447. The third kappa shape index (κ3) is 1.46. The SMILES string of the molecule is CC(CN)(C(=O)O)C1CCCC1. The van der Waals surface area contributed by atoms with Gasteiger partial charge in [-0.3, -0.25) is 4.79 Å². The number of rotatable bonds is 3. The van der Waals surface area contributed by atoms with Crippen LogP contribution in [0.25, 0.3) is 0 Å². The first-order chi connectivity index (χ1) is 5.61. The molecule has 0 amide bonds. The third-order valence-electron chi connectivity index (χ3n) is 3.17. The molecule has 0 bridgehead atoms. The molecule has 0 aliphatic heterocycles. The molecule has 0 radical (unpaired) electrons. The molecular weight excluding hydrogens is 154 g/mol. The lowest BCUT2D eigenvalue weighted by molar-refractivity contribution is -0.150. The van der Waals surface area contributed by atoms with Crippen LogP contribution in [0.15, 0.2) is 0 Å². The van der Waals surface area contributed by atoms with E-state index in [0.29, 0.717) is 5.92 Å². The Morgan fingerprint density at radius 3 is 2.42 bits per heavy atom. The van der Waals surface area contributed by atoms with Gasteiger partial charge in [-0.05, 0) is 25.7 Å². The maximum atomic E-state index is 11.0. The molecule has 1 rings (SSSR count). The molecule has 0 saturated heterocycles. The Bertz CT molecular complexity index is 175. The van der Waals surface area contributed by atoms with Gasteiger partial charge in [-0.2, -0.15) is 0 Å². The van der Waals surface area contributed by atoms with Crippen LogP contribution >= 0.6 is 0 Å². The smallest absolute Gasteiger partial charge is 0.310 e. The molecule has 0 aromatic heterocycles. The van der Waals surface area contributed by atoms with E-state index in [2.05, 4.69) is 0 Å². The molecule has 1 atom stereocenters. The predicted octanol–water partition coefficient (Wildman–Crippen LogP) is 1.23. The highest BCUT2D eigenvalue weighted by atomic mass is 16.4. The Morgan fingerprint density at radius 2 is 2.08 bits per heavy atom. The van der Waals surface area contributed by atoms with Gasteiger partial charge in [-0.25, -0.2) is 0 Å². The van der Waals surface area contributed by atoms with E-state index >= 15 is 0 Å². The fourth-order valence-corrected chi connectivity index (χ4v) is 1.99. The van der Waals surface area contributed by atoms with E-state index in [4.69, 9.17) is 10.8 Å². The first-order valence-corrected chi connectivity index (χ1v) is 4.54. The first kappa shape index (κ1) is 9.52.